The molecule has 0 radical (unpaired) electrons. The first kappa shape index (κ1) is 15.7. The lowest BCUT2D eigenvalue weighted by Crippen LogP contribution is -2.26. The number of nitrogens with one attached hydrogen (secondary N) is 1. The molecule has 112 valence electrons. The molecule has 2 rings (SSSR count). The minimum atomic E-state index is 0.490. The lowest BCUT2D eigenvalue weighted by atomic mass is 9.90. The van der Waals surface area contributed by atoms with Gasteiger partial charge >= 0.3 is 0 Å². The Hall–Kier alpha value is -1.64. The highest BCUT2D eigenvalue weighted by Crippen LogP contribution is 2.22. The second-order valence-electron chi connectivity index (χ2n) is 5.44. The van der Waals surface area contributed by atoms with E-state index in [1.807, 2.05) is 0 Å². The molecule has 21 heavy (non-hydrogen) atoms. The molecule has 0 heterocycles. The molecule has 2 heteroatoms. The fourth-order valence-corrected chi connectivity index (χ4v) is 2.59. The largest absolute Gasteiger partial charge is 0.383 e. The maximum atomic E-state index is 5.10. The molecule has 0 aromatic heterocycles. The van der Waals surface area contributed by atoms with Crippen molar-refractivity contribution in [1.29, 1.82) is 0 Å². The summed E-state index contributed by atoms with van der Waals surface area (Å²) in [5.74, 6) is 0.490. The van der Waals surface area contributed by atoms with Gasteiger partial charge in [0.1, 0.15) is 0 Å². The van der Waals surface area contributed by atoms with Crippen LogP contribution in [-0.4, -0.2) is 26.8 Å². The van der Waals surface area contributed by atoms with Gasteiger partial charge in [-0.05, 0) is 30.0 Å². The standard InChI is InChI=1S/C19H25NO/c1-16-8-6-7-11-18(16)14-19(15-20-12-13-21-2)17-9-4-3-5-10-17/h3-11,19-20H,12-15H2,1-2H3. The van der Waals surface area contributed by atoms with Gasteiger partial charge in [0.05, 0.1) is 6.61 Å². The summed E-state index contributed by atoms with van der Waals surface area (Å²) in [6, 6.07) is 19.4. The molecule has 0 bridgehead atoms. The molecule has 2 aromatic carbocycles. The third-order valence-corrected chi connectivity index (χ3v) is 3.87. The highest BCUT2D eigenvalue weighted by Gasteiger charge is 2.13. The summed E-state index contributed by atoms with van der Waals surface area (Å²) < 4.78 is 5.10. The number of aryl methyl sites for hydroxylation is 1. The number of hydrogen-bond acceptors (Lipinski definition) is 2. The van der Waals surface area contributed by atoms with E-state index in [4.69, 9.17) is 4.74 Å². The number of benzene rings is 2. The molecule has 0 saturated heterocycles. The van der Waals surface area contributed by atoms with Crippen molar-refractivity contribution in [3.8, 4) is 0 Å². The first-order chi connectivity index (χ1) is 10.3. The second kappa shape index (κ2) is 8.60. The molecule has 2 aromatic rings. The van der Waals surface area contributed by atoms with Gasteiger partial charge in [-0.25, -0.2) is 0 Å². The topological polar surface area (TPSA) is 21.3 Å². The minimum Gasteiger partial charge on any atom is -0.383 e. The molecule has 1 N–H and O–H groups in total. The fourth-order valence-electron chi connectivity index (χ4n) is 2.59. The monoisotopic (exact) mass is 283 g/mol. The van der Waals surface area contributed by atoms with E-state index in [0.29, 0.717) is 5.92 Å². The Morgan fingerprint density at radius 2 is 1.71 bits per heavy atom. The molecule has 2 nitrogen and oxygen atoms in total. The number of rotatable bonds is 8. The Morgan fingerprint density at radius 3 is 2.43 bits per heavy atom. The summed E-state index contributed by atoms with van der Waals surface area (Å²) in [6.45, 7) is 4.82. The summed E-state index contributed by atoms with van der Waals surface area (Å²) in [5.41, 5.74) is 4.20. The molecular formula is C19H25NO. The molecule has 1 atom stereocenters. The van der Waals surface area contributed by atoms with E-state index in [2.05, 4.69) is 66.8 Å². The molecule has 0 fully saturated rings. The van der Waals surface area contributed by atoms with Crippen LogP contribution in [0.5, 0.6) is 0 Å². The van der Waals surface area contributed by atoms with Crippen LogP contribution in [0.4, 0.5) is 0 Å². The zero-order chi connectivity index (χ0) is 14.9. The third kappa shape index (κ3) is 5.00. The van der Waals surface area contributed by atoms with Crippen LogP contribution in [0.3, 0.4) is 0 Å². The summed E-state index contributed by atoms with van der Waals surface area (Å²) >= 11 is 0. The summed E-state index contributed by atoms with van der Waals surface area (Å²) in [6.07, 6.45) is 1.07. The smallest absolute Gasteiger partial charge is 0.0587 e. The van der Waals surface area contributed by atoms with Gasteiger partial charge in [0.15, 0.2) is 0 Å². The second-order valence-corrected chi connectivity index (χ2v) is 5.44. The van der Waals surface area contributed by atoms with Gasteiger partial charge in [-0.2, -0.15) is 0 Å². The Labute approximate surface area is 128 Å². The van der Waals surface area contributed by atoms with E-state index >= 15 is 0 Å². The maximum Gasteiger partial charge on any atom is 0.0587 e. The van der Waals surface area contributed by atoms with Crippen LogP contribution in [0.15, 0.2) is 54.6 Å². The van der Waals surface area contributed by atoms with Gasteiger partial charge < -0.3 is 10.1 Å². The van der Waals surface area contributed by atoms with E-state index in [-0.39, 0.29) is 0 Å². The van der Waals surface area contributed by atoms with E-state index in [9.17, 15) is 0 Å². The predicted octanol–water partition coefficient (Wildman–Crippen LogP) is 3.56. The Morgan fingerprint density at radius 1 is 1.00 bits per heavy atom. The van der Waals surface area contributed by atoms with Crippen molar-refractivity contribution in [3.05, 3.63) is 71.3 Å². The number of ether oxygens (including phenoxy) is 1. The first-order valence-electron chi connectivity index (χ1n) is 7.60. The van der Waals surface area contributed by atoms with Crippen molar-refractivity contribution < 1.29 is 4.74 Å². The fraction of sp³-hybridized carbons (Fsp3) is 0.368. The molecule has 0 aliphatic heterocycles. The maximum absolute atomic E-state index is 5.10. The Bertz CT molecular complexity index is 524. The lowest BCUT2D eigenvalue weighted by molar-refractivity contribution is 0.199. The molecule has 1 unspecified atom stereocenters. The summed E-state index contributed by atoms with van der Waals surface area (Å²) in [4.78, 5) is 0. The van der Waals surface area contributed by atoms with Gasteiger partial charge in [0.2, 0.25) is 0 Å². The van der Waals surface area contributed by atoms with Crippen LogP contribution in [0.2, 0.25) is 0 Å². The van der Waals surface area contributed by atoms with Crippen LogP contribution >= 0.6 is 0 Å². The molecular weight excluding hydrogens is 258 g/mol. The van der Waals surface area contributed by atoms with Crippen molar-refractivity contribution in [2.75, 3.05) is 26.8 Å². The van der Waals surface area contributed by atoms with Gasteiger partial charge in [0, 0.05) is 26.1 Å². The first-order valence-corrected chi connectivity index (χ1v) is 7.60. The molecule has 0 aliphatic carbocycles. The van der Waals surface area contributed by atoms with Crippen LogP contribution in [0.25, 0.3) is 0 Å². The summed E-state index contributed by atoms with van der Waals surface area (Å²) in [7, 11) is 1.74. The van der Waals surface area contributed by atoms with E-state index in [1.165, 1.54) is 16.7 Å². The Kier molecular flexibility index (Phi) is 6.45. The lowest BCUT2D eigenvalue weighted by Gasteiger charge is -2.19. The Balaban J connectivity index is 2.07. The number of hydrogen-bond donors (Lipinski definition) is 1. The van der Waals surface area contributed by atoms with Gasteiger partial charge in [-0.3, -0.25) is 0 Å². The van der Waals surface area contributed by atoms with E-state index in [1.54, 1.807) is 7.11 Å². The van der Waals surface area contributed by atoms with Crippen molar-refractivity contribution in [1.82, 2.24) is 5.32 Å². The highest BCUT2D eigenvalue weighted by molar-refractivity contribution is 5.29. The summed E-state index contributed by atoms with van der Waals surface area (Å²) in [5, 5.41) is 3.50. The quantitative estimate of drug-likeness (QED) is 0.748. The van der Waals surface area contributed by atoms with Crippen molar-refractivity contribution in [2.24, 2.45) is 0 Å². The molecule has 0 amide bonds. The van der Waals surface area contributed by atoms with E-state index < -0.39 is 0 Å². The molecule has 0 spiro atoms. The van der Waals surface area contributed by atoms with Crippen molar-refractivity contribution in [3.63, 3.8) is 0 Å². The van der Waals surface area contributed by atoms with Crippen LogP contribution in [0, 0.1) is 6.92 Å². The van der Waals surface area contributed by atoms with Gasteiger partial charge in [-0.1, -0.05) is 54.6 Å². The zero-order valence-electron chi connectivity index (χ0n) is 13.0. The number of methoxy groups -OCH3 is 1. The zero-order valence-corrected chi connectivity index (χ0v) is 13.0. The van der Waals surface area contributed by atoms with Crippen molar-refractivity contribution in [2.45, 2.75) is 19.3 Å². The minimum absolute atomic E-state index is 0.490. The average molecular weight is 283 g/mol. The van der Waals surface area contributed by atoms with Crippen LogP contribution < -0.4 is 5.32 Å². The van der Waals surface area contributed by atoms with E-state index in [0.717, 1.165) is 26.1 Å². The normalized spacial score (nSPS) is 12.3. The average Bonchev–Trinajstić information content (AvgIpc) is 2.53. The van der Waals surface area contributed by atoms with Gasteiger partial charge in [-0.15, -0.1) is 0 Å². The highest BCUT2D eigenvalue weighted by atomic mass is 16.5. The van der Waals surface area contributed by atoms with Crippen LogP contribution in [-0.2, 0) is 11.2 Å². The van der Waals surface area contributed by atoms with Crippen molar-refractivity contribution >= 4 is 0 Å². The predicted molar refractivity (Wildman–Crippen MR) is 88.8 cm³/mol. The van der Waals surface area contributed by atoms with Gasteiger partial charge in [0.25, 0.3) is 0 Å². The third-order valence-electron chi connectivity index (χ3n) is 3.87. The molecule has 0 aliphatic rings. The SMILES string of the molecule is COCCNCC(Cc1ccccc1C)c1ccccc1. The molecule has 0 saturated carbocycles. The van der Waals surface area contributed by atoms with Crippen LogP contribution in [0.1, 0.15) is 22.6 Å².